The highest BCUT2D eigenvalue weighted by Gasteiger charge is 2.27. The molecule has 10 heteroatoms. The van der Waals surface area contributed by atoms with Gasteiger partial charge in [-0.3, -0.25) is 4.79 Å². The van der Waals surface area contributed by atoms with Gasteiger partial charge in [-0.1, -0.05) is 30.3 Å². The van der Waals surface area contributed by atoms with Gasteiger partial charge in [0.25, 0.3) is 0 Å². The average Bonchev–Trinajstić information content (AvgIpc) is 3.36. The van der Waals surface area contributed by atoms with Crippen LogP contribution in [-0.2, 0) is 28.9 Å². The number of thioether (sulfide) groups is 1. The van der Waals surface area contributed by atoms with Crippen LogP contribution in [0.4, 0.5) is 5.00 Å². The lowest BCUT2D eigenvalue weighted by atomic mass is 10.1. The number of anilines is 1. The van der Waals surface area contributed by atoms with Crippen LogP contribution in [0.25, 0.3) is 11.4 Å². The Kier molecular flexibility index (Phi) is 9.03. The Bertz CT molecular complexity index is 1220. The number of ether oxygens (including phenoxy) is 2. The van der Waals surface area contributed by atoms with Crippen LogP contribution in [0.2, 0.25) is 0 Å². The minimum atomic E-state index is -0.358. The first-order valence-electron chi connectivity index (χ1n) is 12.5. The second-order valence-electron chi connectivity index (χ2n) is 8.31. The molecule has 1 aromatic carbocycles. The molecule has 0 fully saturated rings. The van der Waals surface area contributed by atoms with Crippen molar-refractivity contribution in [2.24, 2.45) is 0 Å². The van der Waals surface area contributed by atoms with Crippen LogP contribution in [0.3, 0.4) is 0 Å². The molecule has 1 N–H and O–H groups in total. The lowest BCUT2D eigenvalue weighted by molar-refractivity contribution is -0.113. The number of amides is 1. The maximum Gasteiger partial charge on any atom is 0.341 e. The lowest BCUT2D eigenvalue weighted by Crippen LogP contribution is -2.17. The number of aromatic nitrogens is 3. The number of rotatable bonds is 10. The third-order valence-corrected chi connectivity index (χ3v) is 8.12. The van der Waals surface area contributed by atoms with Crippen molar-refractivity contribution in [3.63, 3.8) is 0 Å². The molecule has 1 amide bonds. The van der Waals surface area contributed by atoms with Gasteiger partial charge in [0.2, 0.25) is 5.91 Å². The molecule has 0 bridgehead atoms. The van der Waals surface area contributed by atoms with Crippen molar-refractivity contribution in [2.45, 2.75) is 64.6 Å². The first kappa shape index (κ1) is 26.2. The molecule has 4 rings (SSSR count). The molecule has 1 aliphatic rings. The summed E-state index contributed by atoms with van der Waals surface area (Å²) in [5.41, 5.74) is 2.44. The monoisotopic (exact) mass is 528 g/mol. The van der Waals surface area contributed by atoms with Crippen molar-refractivity contribution < 1.29 is 19.1 Å². The number of carbonyl (C=O) groups is 2. The molecule has 3 aromatic rings. The van der Waals surface area contributed by atoms with Gasteiger partial charge in [0, 0.05) is 11.4 Å². The number of hydrogen-bond donors (Lipinski definition) is 1. The summed E-state index contributed by atoms with van der Waals surface area (Å²) in [4.78, 5) is 26.9. The highest BCUT2D eigenvalue weighted by Crippen LogP contribution is 2.38. The Balaban J connectivity index is 1.50. The molecule has 8 nitrogen and oxygen atoms in total. The first-order chi connectivity index (χ1) is 17.6. The quantitative estimate of drug-likeness (QED) is 0.208. The fraction of sp³-hybridized carbons (Fsp3) is 0.462. The van der Waals surface area contributed by atoms with Gasteiger partial charge < -0.3 is 19.4 Å². The minimum absolute atomic E-state index is 0.149. The lowest BCUT2D eigenvalue weighted by Gasteiger charge is -2.11. The van der Waals surface area contributed by atoms with Crippen LogP contribution >= 0.6 is 23.1 Å². The minimum Gasteiger partial charge on any atom is -0.493 e. The van der Waals surface area contributed by atoms with Crippen LogP contribution in [0.5, 0.6) is 5.75 Å². The van der Waals surface area contributed by atoms with Gasteiger partial charge >= 0.3 is 5.97 Å². The summed E-state index contributed by atoms with van der Waals surface area (Å²) >= 11 is 2.83. The van der Waals surface area contributed by atoms with E-state index in [2.05, 4.69) is 15.5 Å². The van der Waals surface area contributed by atoms with Gasteiger partial charge in [-0.2, -0.15) is 0 Å². The number of fused-ring (bicyclic) bond motifs is 1. The topological polar surface area (TPSA) is 95.3 Å². The Hall–Kier alpha value is -2.85. The van der Waals surface area contributed by atoms with Gasteiger partial charge in [-0.25, -0.2) is 4.79 Å². The molecule has 0 aliphatic heterocycles. The van der Waals surface area contributed by atoms with Gasteiger partial charge in [0.1, 0.15) is 10.8 Å². The Morgan fingerprint density at radius 1 is 1.08 bits per heavy atom. The zero-order chi connectivity index (χ0) is 25.5. The fourth-order valence-electron chi connectivity index (χ4n) is 4.36. The zero-order valence-corrected chi connectivity index (χ0v) is 22.6. The summed E-state index contributed by atoms with van der Waals surface area (Å²) in [5, 5.41) is 13.0. The van der Waals surface area contributed by atoms with E-state index in [1.165, 1.54) is 28.0 Å². The predicted molar refractivity (Wildman–Crippen MR) is 143 cm³/mol. The maximum absolute atomic E-state index is 13.0. The van der Waals surface area contributed by atoms with E-state index in [1.807, 2.05) is 42.7 Å². The molecule has 2 aromatic heterocycles. The third-order valence-electron chi connectivity index (χ3n) is 5.95. The third kappa shape index (κ3) is 5.75. The standard InChI is InChI=1S/C26H32N4O4S2/c1-4-30-23(17-12-10-11-14-19(17)33-5-2)28-29-26(30)35-16-21(31)27-24-22(25(32)34-6-3)18-13-8-7-9-15-20(18)36-24/h10-12,14H,4-9,13,15-16H2,1-3H3,(H,27,31). The second-order valence-corrected chi connectivity index (χ2v) is 10.4. The number of nitrogens with zero attached hydrogens (tertiary/aromatic N) is 3. The normalized spacial score (nSPS) is 13.1. The number of carbonyl (C=O) groups excluding carboxylic acids is 2. The van der Waals surface area contributed by atoms with Crippen molar-refractivity contribution >= 4 is 40.0 Å². The highest BCUT2D eigenvalue weighted by molar-refractivity contribution is 7.99. The summed E-state index contributed by atoms with van der Waals surface area (Å²) in [6.07, 6.45) is 5.07. The summed E-state index contributed by atoms with van der Waals surface area (Å²) < 4.78 is 13.1. The van der Waals surface area contributed by atoms with Crippen LogP contribution in [0, 0.1) is 0 Å². The smallest absolute Gasteiger partial charge is 0.341 e. The first-order valence-corrected chi connectivity index (χ1v) is 14.3. The number of aryl methyl sites for hydroxylation is 1. The summed E-state index contributed by atoms with van der Waals surface area (Å²) in [6, 6.07) is 7.74. The highest BCUT2D eigenvalue weighted by atomic mass is 32.2. The van der Waals surface area contributed by atoms with Crippen LogP contribution in [-0.4, -0.2) is 45.6 Å². The largest absolute Gasteiger partial charge is 0.493 e. The zero-order valence-electron chi connectivity index (χ0n) is 21.0. The fourth-order valence-corrected chi connectivity index (χ4v) is 6.45. The summed E-state index contributed by atoms with van der Waals surface area (Å²) in [7, 11) is 0. The maximum atomic E-state index is 13.0. The SMILES string of the molecule is CCOC(=O)c1c(NC(=O)CSc2nnc(-c3ccccc3OCC)n2CC)sc2c1CCCCC2. The number of benzene rings is 1. The molecular weight excluding hydrogens is 496 g/mol. The van der Waals surface area contributed by atoms with Gasteiger partial charge in [0.15, 0.2) is 11.0 Å². The average molecular weight is 529 g/mol. The van der Waals surface area contributed by atoms with Crippen molar-refractivity contribution in [3.05, 3.63) is 40.3 Å². The number of hydrogen-bond acceptors (Lipinski definition) is 8. The van der Waals surface area contributed by atoms with Gasteiger partial charge in [0.05, 0.1) is 30.1 Å². The van der Waals surface area contributed by atoms with E-state index >= 15 is 0 Å². The molecular formula is C26H32N4O4S2. The second kappa shape index (κ2) is 12.4. The van der Waals surface area contributed by atoms with E-state index in [0.717, 1.165) is 49.0 Å². The predicted octanol–water partition coefficient (Wildman–Crippen LogP) is 5.60. The molecule has 0 saturated heterocycles. The van der Waals surface area contributed by atoms with E-state index in [4.69, 9.17) is 9.47 Å². The molecule has 0 spiro atoms. The summed E-state index contributed by atoms with van der Waals surface area (Å²) in [5.74, 6) is 1.05. The molecule has 192 valence electrons. The molecule has 0 radical (unpaired) electrons. The van der Waals surface area contributed by atoms with E-state index in [0.29, 0.717) is 41.3 Å². The summed E-state index contributed by atoms with van der Waals surface area (Å²) in [6.45, 7) is 7.26. The van der Waals surface area contributed by atoms with Gasteiger partial charge in [-0.15, -0.1) is 21.5 Å². The van der Waals surface area contributed by atoms with E-state index in [-0.39, 0.29) is 17.6 Å². The van der Waals surface area contributed by atoms with Crippen LogP contribution in [0.15, 0.2) is 29.4 Å². The Morgan fingerprint density at radius 2 is 1.89 bits per heavy atom. The molecule has 1 aliphatic carbocycles. The Labute approximate surface area is 219 Å². The van der Waals surface area contributed by atoms with Crippen molar-refractivity contribution in [3.8, 4) is 17.1 Å². The molecule has 0 saturated carbocycles. The van der Waals surface area contributed by atoms with Crippen LogP contribution in [0.1, 0.15) is 60.8 Å². The van der Waals surface area contributed by atoms with E-state index in [1.54, 1.807) is 6.92 Å². The molecule has 2 heterocycles. The number of esters is 1. The molecule has 36 heavy (non-hydrogen) atoms. The number of thiophene rings is 1. The van der Waals surface area contributed by atoms with Crippen molar-refractivity contribution in [1.82, 2.24) is 14.8 Å². The molecule has 0 unspecified atom stereocenters. The Morgan fingerprint density at radius 3 is 2.67 bits per heavy atom. The number of para-hydroxylation sites is 1. The van der Waals surface area contributed by atoms with Crippen molar-refractivity contribution in [1.29, 1.82) is 0 Å². The van der Waals surface area contributed by atoms with Crippen molar-refractivity contribution in [2.75, 3.05) is 24.3 Å². The van der Waals surface area contributed by atoms with E-state index < -0.39 is 0 Å². The van der Waals surface area contributed by atoms with Crippen LogP contribution < -0.4 is 10.1 Å². The molecule has 0 atom stereocenters. The number of nitrogens with one attached hydrogen (secondary N) is 1. The van der Waals surface area contributed by atoms with Gasteiger partial charge in [-0.05, 0) is 64.2 Å². The van der Waals surface area contributed by atoms with E-state index in [9.17, 15) is 9.59 Å².